The van der Waals surface area contributed by atoms with Crippen molar-refractivity contribution in [2.75, 3.05) is 45.2 Å². The predicted octanol–water partition coefficient (Wildman–Crippen LogP) is 0.878. The van der Waals surface area contributed by atoms with Gasteiger partial charge in [0.15, 0.2) is 5.96 Å². The molecule has 0 amide bonds. The van der Waals surface area contributed by atoms with Gasteiger partial charge in [-0.05, 0) is 40.5 Å². The highest BCUT2D eigenvalue weighted by Crippen LogP contribution is 2.32. The fourth-order valence-electron chi connectivity index (χ4n) is 2.44. The topological polar surface area (TPSA) is 83.0 Å². The molecule has 1 heterocycles. The SMILES string of the molecule is CCNC(=NCC1(CCO)CCOC1)NCCS(=O)C(C)(C)C. The fourth-order valence-corrected chi connectivity index (χ4v) is 3.34. The number of hydrogen-bond donors (Lipinski definition) is 3. The predicted molar refractivity (Wildman–Crippen MR) is 96.3 cm³/mol. The van der Waals surface area contributed by atoms with Crippen LogP contribution in [0.15, 0.2) is 4.99 Å². The smallest absolute Gasteiger partial charge is 0.191 e. The minimum atomic E-state index is -0.873. The fraction of sp³-hybridized carbons (Fsp3) is 0.938. The quantitative estimate of drug-likeness (QED) is 0.448. The van der Waals surface area contributed by atoms with Crippen LogP contribution in [0.4, 0.5) is 0 Å². The van der Waals surface area contributed by atoms with Crippen molar-refractivity contribution < 1.29 is 14.1 Å². The molecule has 1 aliphatic rings. The maximum atomic E-state index is 12.1. The van der Waals surface area contributed by atoms with Crippen molar-refractivity contribution in [1.29, 1.82) is 0 Å². The highest BCUT2D eigenvalue weighted by Gasteiger charge is 2.34. The van der Waals surface area contributed by atoms with Gasteiger partial charge in [-0.25, -0.2) is 0 Å². The number of aliphatic imine (C=N–C) groups is 1. The van der Waals surface area contributed by atoms with E-state index in [1.165, 1.54) is 0 Å². The molecule has 2 atom stereocenters. The molecule has 136 valence electrons. The Morgan fingerprint density at radius 1 is 1.39 bits per heavy atom. The lowest BCUT2D eigenvalue weighted by molar-refractivity contribution is 0.131. The summed E-state index contributed by atoms with van der Waals surface area (Å²) in [5, 5.41) is 15.7. The van der Waals surface area contributed by atoms with E-state index in [4.69, 9.17) is 4.74 Å². The molecule has 2 unspecified atom stereocenters. The summed E-state index contributed by atoms with van der Waals surface area (Å²) >= 11 is 0. The van der Waals surface area contributed by atoms with Gasteiger partial charge in [-0.15, -0.1) is 0 Å². The van der Waals surface area contributed by atoms with Crippen molar-refractivity contribution in [2.24, 2.45) is 10.4 Å². The zero-order valence-electron chi connectivity index (χ0n) is 15.0. The summed E-state index contributed by atoms with van der Waals surface area (Å²) in [6.45, 7) is 11.6. The summed E-state index contributed by atoms with van der Waals surface area (Å²) in [6, 6.07) is 0. The molecule has 1 rings (SSSR count). The number of aliphatic hydroxyl groups excluding tert-OH is 1. The number of nitrogens with zero attached hydrogens (tertiary/aromatic N) is 1. The maximum absolute atomic E-state index is 12.1. The van der Waals surface area contributed by atoms with Crippen molar-refractivity contribution in [2.45, 2.75) is 45.3 Å². The van der Waals surface area contributed by atoms with Crippen molar-refractivity contribution in [3.05, 3.63) is 0 Å². The summed E-state index contributed by atoms with van der Waals surface area (Å²) in [4.78, 5) is 4.65. The Morgan fingerprint density at radius 2 is 2.13 bits per heavy atom. The Morgan fingerprint density at radius 3 is 2.65 bits per heavy atom. The molecule has 0 saturated carbocycles. The van der Waals surface area contributed by atoms with Gasteiger partial charge in [-0.2, -0.15) is 0 Å². The maximum Gasteiger partial charge on any atom is 0.191 e. The zero-order valence-corrected chi connectivity index (χ0v) is 15.8. The molecule has 1 aliphatic heterocycles. The minimum absolute atomic E-state index is 0.0503. The van der Waals surface area contributed by atoms with Crippen molar-refractivity contribution >= 4 is 16.8 Å². The third-order valence-electron chi connectivity index (χ3n) is 4.01. The second kappa shape index (κ2) is 9.59. The van der Waals surface area contributed by atoms with Gasteiger partial charge in [-0.3, -0.25) is 9.20 Å². The molecule has 0 aromatic rings. The molecule has 0 aromatic carbocycles. The molecule has 1 fully saturated rings. The van der Waals surface area contributed by atoms with E-state index >= 15 is 0 Å². The van der Waals surface area contributed by atoms with Crippen LogP contribution >= 0.6 is 0 Å². The van der Waals surface area contributed by atoms with Crippen molar-refractivity contribution in [3.8, 4) is 0 Å². The highest BCUT2D eigenvalue weighted by molar-refractivity contribution is 7.86. The van der Waals surface area contributed by atoms with Crippen LogP contribution in [0.25, 0.3) is 0 Å². The van der Waals surface area contributed by atoms with Crippen LogP contribution in [-0.4, -0.2) is 65.2 Å². The second-order valence-corrected chi connectivity index (χ2v) is 9.38. The molecular formula is C16H33N3O3S. The Kier molecular flexibility index (Phi) is 8.50. The first-order valence-electron chi connectivity index (χ1n) is 8.42. The number of nitrogens with one attached hydrogen (secondary N) is 2. The van der Waals surface area contributed by atoms with Gasteiger partial charge >= 0.3 is 0 Å². The Bertz CT molecular complexity index is 402. The van der Waals surface area contributed by atoms with E-state index in [0.29, 0.717) is 31.9 Å². The molecule has 0 radical (unpaired) electrons. The third kappa shape index (κ3) is 7.18. The second-order valence-electron chi connectivity index (χ2n) is 7.06. The minimum Gasteiger partial charge on any atom is -0.396 e. The number of hydrogen-bond acceptors (Lipinski definition) is 4. The van der Waals surface area contributed by atoms with Crippen molar-refractivity contribution in [3.63, 3.8) is 0 Å². The van der Waals surface area contributed by atoms with Crippen molar-refractivity contribution in [1.82, 2.24) is 10.6 Å². The van der Waals surface area contributed by atoms with Crippen LogP contribution in [0.3, 0.4) is 0 Å². The van der Waals surface area contributed by atoms with Crippen LogP contribution in [0, 0.1) is 5.41 Å². The molecule has 0 spiro atoms. The van der Waals surface area contributed by atoms with E-state index in [0.717, 1.165) is 25.5 Å². The molecule has 23 heavy (non-hydrogen) atoms. The standard InChI is InChI=1S/C16H33N3O3S/c1-5-17-14(18-8-11-23(21)15(2,3)4)19-12-16(6-9-20)7-10-22-13-16/h20H,5-13H2,1-4H3,(H2,17,18,19). The number of aliphatic hydroxyl groups is 1. The number of ether oxygens (including phenoxy) is 1. The monoisotopic (exact) mass is 347 g/mol. The Labute approximate surface area is 142 Å². The van der Waals surface area contributed by atoms with E-state index in [1.54, 1.807) is 0 Å². The molecule has 0 bridgehead atoms. The lowest BCUT2D eigenvalue weighted by Gasteiger charge is -2.25. The molecule has 3 N–H and O–H groups in total. The summed E-state index contributed by atoms with van der Waals surface area (Å²) < 4.78 is 17.4. The van der Waals surface area contributed by atoms with Gasteiger partial charge in [0.25, 0.3) is 0 Å². The van der Waals surface area contributed by atoms with E-state index in [1.807, 2.05) is 27.7 Å². The van der Waals surface area contributed by atoms with Gasteiger partial charge in [0, 0.05) is 53.0 Å². The first kappa shape index (κ1) is 20.4. The average molecular weight is 348 g/mol. The normalized spacial score (nSPS) is 23.8. The lowest BCUT2D eigenvalue weighted by Crippen LogP contribution is -2.41. The third-order valence-corrected chi connectivity index (χ3v) is 5.95. The molecule has 7 heteroatoms. The molecule has 6 nitrogen and oxygen atoms in total. The lowest BCUT2D eigenvalue weighted by atomic mass is 9.84. The number of guanidine groups is 1. The van der Waals surface area contributed by atoms with E-state index in [2.05, 4.69) is 15.6 Å². The first-order valence-corrected chi connectivity index (χ1v) is 9.74. The summed E-state index contributed by atoms with van der Waals surface area (Å²) in [5.41, 5.74) is -0.0503. The summed E-state index contributed by atoms with van der Waals surface area (Å²) in [6.07, 6.45) is 1.65. The van der Waals surface area contributed by atoms with Gasteiger partial charge in [0.1, 0.15) is 0 Å². The molecule has 1 saturated heterocycles. The van der Waals surface area contributed by atoms with Gasteiger partial charge in [-0.1, -0.05) is 0 Å². The van der Waals surface area contributed by atoms with Crippen LogP contribution in [0.5, 0.6) is 0 Å². The largest absolute Gasteiger partial charge is 0.396 e. The van der Waals surface area contributed by atoms with Crippen LogP contribution in [-0.2, 0) is 15.5 Å². The van der Waals surface area contributed by atoms with E-state index in [9.17, 15) is 9.32 Å². The number of rotatable bonds is 8. The van der Waals surface area contributed by atoms with Gasteiger partial charge in [0.05, 0.1) is 13.2 Å². The Balaban J connectivity index is 2.54. The summed E-state index contributed by atoms with van der Waals surface area (Å²) in [7, 11) is -0.873. The molecule has 0 aromatic heterocycles. The Hall–Kier alpha value is -0.660. The van der Waals surface area contributed by atoms with Gasteiger partial charge < -0.3 is 20.5 Å². The zero-order chi connectivity index (χ0) is 17.3. The molecule has 0 aliphatic carbocycles. The summed E-state index contributed by atoms with van der Waals surface area (Å²) in [5.74, 6) is 1.33. The van der Waals surface area contributed by atoms with Gasteiger partial charge in [0.2, 0.25) is 0 Å². The van der Waals surface area contributed by atoms with Crippen LogP contribution in [0.2, 0.25) is 0 Å². The van der Waals surface area contributed by atoms with E-state index in [-0.39, 0.29) is 16.8 Å². The van der Waals surface area contributed by atoms with Crippen LogP contribution in [0.1, 0.15) is 40.5 Å². The van der Waals surface area contributed by atoms with Crippen LogP contribution < -0.4 is 10.6 Å². The average Bonchev–Trinajstić information content (AvgIpc) is 2.93. The molecular weight excluding hydrogens is 314 g/mol. The van der Waals surface area contributed by atoms with E-state index < -0.39 is 10.8 Å². The highest BCUT2D eigenvalue weighted by atomic mass is 32.2. The first-order chi connectivity index (χ1) is 10.8.